The SMILES string of the molecule is Cc1ccnc(C(C)NS(=O)(=O)c2cc(C#N)ccc2NC2CC(n3ccnc3)C2)n1. The summed E-state index contributed by atoms with van der Waals surface area (Å²) in [6, 6.07) is 8.25. The molecule has 31 heavy (non-hydrogen) atoms. The highest BCUT2D eigenvalue weighted by Crippen LogP contribution is 2.36. The summed E-state index contributed by atoms with van der Waals surface area (Å²) < 4.78 is 31.1. The highest BCUT2D eigenvalue weighted by Gasteiger charge is 2.32. The molecule has 4 rings (SSSR count). The molecule has 1 aliphatic carbocycles. The number of nitrogens with zero attached hydrogens (tertiary/aromatic N) is 5. The van der Waals surface area contributed by atoms with E-state index in [1.54, 1.807) is 43.8 Å². The Morgan fingerprint density at radius 2 is 2.06 bits per heavy atom. The van der Waals surface area contributed by atoms with Gasteiger partial charge in [0.2, 0.25) is 10.0 Å². The molecular weight excluding hydrogens is 414 g/mol. The predicted molar refractivity (Wildman–Crippen MR) is 115 cm³/mol. The number of sulfonamides is 1. The van der Waals surface area contributed by atoms with Gasteiger partial charge in [0.15, 0.2) is 0 Å². The second-order valence-electron chi connectivity index (χ2n) is 7.70. The van der Waals surface area contributed by atoms with Crippen molar-refractivity contribution in [2.75, 3.05) is 5.32 Å². The largest absolute Gasteiger partial charge is 0.381 e. The van der Waals surface area contributed by atoms with Gasteiger partial charge < -0.3 is 9.88 Å². The number of hydrogen-bond acceptors (Lipinski definition) is 7. The molecule has 0 aliphatic heterocycles. The van der Waals surface area contributed by atoms with Crippen LogP contribution in [0.2, 0.25) is 0 Å². The lowest BCUT2D eigenvalue weighted by atomic mass is 9.86. The van der Waals surface area contributed by atoms with Crippen LogP contribution in [0, 0.1) is 18.3 Å². The van der Waals surface area contributed by atoms with Crippen molar-refractivity contribution in [1.29, 1.82) is 5.26 Å². The van der Waals surface area contributed by atoms with Crippen LogP contribution in [-0.2, 0) is 10.0 Å². The maximum atomic E-state index is 13.2. The van der Waals surface area contributed by atoms with E-state index in [2.05, 4.69) is 29.6 Å². The van der Waals surface area contributed by atoms with E-state index >= 15 is 0 Å². The van der Waals surface area contributed by atoms with Gasteiger partial charge >= 0.3 is 0 Å². The highest BCUT2D eigenvalue weighted by molar-refractivity contribution is 7.89. The Hall–Kier alpha value is -3.29. The van der Waals surface area contributed by atoms with Gasteiger partial charge in [-0.3, -0.25) is 0 Å². The van der Waals surface area contributed by atoms with Gasteiger partial charge in [0, 0.05) is 36.4 Å². The van der Waals surface area contributed by atoms with Crippen molar-refractivity contribution in [3.8, 4) is 6.07 Å². The van der Waals surface area contributed by atoms with E-state index in [9.17, 15) is 13.7 Å². The monoisotopic (exact) mass is 437 g/mol. The first kappa shape index (κ1) is 21.0. The topological polar surface area (TPSA) is 126 Å². The third-order valence-electron chi connectivity index (χ3n) is 5.35. The smallest absolute Gasteiger partial charge is 0.243 e. The van der Waals surface area contributed by atoms with E-state index in [1.165, 1.54) is 6.07 Å². The number of benzene rings is 1. The van der Waals surface area contributed by atoms with E-state index in [0.29, 0.717) is 17.6 Å². The normalized spacial score (nSPS) is 19.3. The number of rotatable bonds is 7. The third kappa shape index (κ3) is 4.57. The van der Waals surface area contributed by atoms with Gasteiger partial charge in [-0.15, -0.1) is 0 Å². The van der Waals surface area contributed by atoms with Gasteiger partial charge in [-0.25, -0.2) is 28.1 Å². The molecule has 1 aliphatic rings. The van der Waals surface area contributed by atoms with Crippen LogP contribution in [0.15, 0.2) is 54.1 Å². The summed E-state index contributed by atoms with van der Waals surface area (Å²) in [6.07, 6.45) is 8.78. The first-order valence-electron chi connectivity index (χ1n) is 9.95. The van der Waals surface area contributed by atoms with Gasteiger partial charge in [0.1, 0.15) is 10.7 Å². The average molecular weight is 438 g/mol. The summed E-state index contributed by atoms with van der Waals surface area (Å²) in [4.78, 5) is 12.6. The van der Waals surface area contributed by atoms with Gasteiger partial charge in [-0.1, -0.05) is 0 Å². The summed E-state index contributed by atoms with van der Waals surface area (Å²) in [5.41, 5.74) is 1.50. The number of aryl methyl sites for hydroxylation is 1. The quantitative estimate of drug-likeness (QED) is 0.582. The summed E-state index contributed by atoms with van der Waals surface area (Å²) in [5, 5.41) is 12.6. The van der Waals surface area contributed by atoms with Crippen LogP contribution < -0.4 is 10.0 Å². The fraction of sp³-hybridized carbons (Fsp3) is 0.333. The first-order valence-corrected chi connectivity index (χ1v) is 11.4. The zero-order valence-corrected chi connectivity index (χ0v) is 18.0. The van der Waals surface area contributed by atoms with Crippen molar-refractivity contribution in [2.24, 2.45) is 0 Å². The van der Waals surface area contributed by atoms with Crippen molar-refractivity contribution in [3.63, 3.8) is 0 Å². The van der Waals surface area contributed by atoms with Crippen molar-refractivity contribution in [1.82, 2.24) is 24.2 Å². The molecule has 1 atom stereocenters. The Kier molecular flexibility index (Phi) is 5.71. The molecule has 9 nitrogen and oxygen atoms in total. The van der Waals surface area contributed by atoms with Gasteiger partial charge in [0.05, 0.1) is 29.7 Å². The molecule has 160 valence electrons. The minimum atomic E-state index is -3.93. The molecule has 10 heteroatoms. The Bertz CT molecular complexity index is 1210. The molecule has 3 aromatic rings. The van der Waals surface area contributed by atoms with Crippen LogP contribution in [0.1, 0.15) is 48.9 Å². The fourth-order valence-corrected chi connectivity index (χ4v) is 5.01. The van der Waals surface area contributed by atoms with Crippen LogP contribution in [-0.4, -0.2) is 34.0 Å². The lowest BCUT2D eigenvalue weighted by Gasteiger charge is -2.37. The Balaban J connectivity index is 1.54. The number of nitriles is 1. The second kappa shape index (κ2) is 8.45. The molecule has 0 saturated heterocycles. The molecular formula is C21H23N7O2S. The molecule has 1 fully saturated rings. The van der Waals surface area contributed by atoms with Crippen LogP contribution in [0.3, 0.4) is 0 Å². The van der Waals surface area contributed by atoms with Crippen LogP contribution in [0.4, 0.5) is 5.69 Å². The molecule has 2 aromatic heterocycles. The summed E-state index contributed by atoms with van der Waals surface area (Å²) in [7, 11) is -3.93. The van der Waals surface area contributed by atoms with Crippen LogP contribution in [0.25, 0.3) is 0 Å². The summed E-state index contributed by atoms with van der Waals surface area (Å²) in [5.74, 6) is 0.386. The summed E-state index contributed by atoms with van der Waals surface area (Å²) >= 11 is 0. The number of nitrogens with one attached hydrogen (secondary N) is 2. The van der Waals surface area contributed by atoms with Crippen molar-refractivity contribution in [3.05, 3.63) is 66.3 Å². The molecule has 0 radical (unpaired) electrons. The van der Waals surface area contributed by atoms with E-state index in [0.717, 1.165) is 18.5 Å². The Morgan fingerprint density at radius 1 is 1.26 bits per heavy atom. The molecule has 0 bridgehead atoms. The predicted octanol–water partition coefficient (Wildman–Crippen LogP) is 2.71. The van der Waals surface area contributed by atoms with Gasteiger partial charge in [0.25, 0.3) is 0 Å². The van der Waals surface area contributed by atoms with Crippen molar-refractivity contribution >= 4 is 15.7 Å². The second-order valence-corrected chi connectivity index (χ2v) is 9.38. The number of hydrogen-bond donors (Lipinski definition) is 2. The number of aromatic nitrogens is 4. The fourth-order valence-electron chi connectivity index (χ4n) is 3.61. The molecule has 1 aromatic carbocycles. The Labute approximate surface area is 181 Å². The van der Waals surface area contributed by atoms with E-state index < -0.39 is 16.1 Å². The van der Waals surface area contributed by atoms with Crippen LogP contribution >= 0.6 is 0 Å². The maximum Gasteiger partial charge on any atom is 0.243 e. The van der Waals surface area contributed by atoms with E-state index in [-0.39, 0.29) is 16.5 Å². The zero-order valence-electron chi connectivity index (χ0n) is 17.2. The standard InChI is InChI=1S/C21H23N7O2S/c1-14-5-6-24-21(25-14)15(2)27-31(29,30)20-9-16(12-22)3-4-19(20)26-17-10-18(11-17)28-8-7-23-13-28/h3-9,13,15,17-18,26-27H,10-11H2,1-2H3. The maximum absolute atomic E-state index is 13.2. The van der Waals surface area contributed by atoms with Gasteiger partial charge in [-0.05, 0) is 51.0 Å². The highest BCUT2D eigenvalue weighted by atomic mass is 32.2. The molecule has 2 N–H and O–H groups in total. The average Bonchev–Trinajstić information content (AvgIpc) is 3.24. The zero-order chi connectivity index (χ0) is 22.0. The van der Waals surface area contributed by atoms with Crippen molar-refractivity contribution < 1.29 is 8.42 Å². The van der Waals surface area contributed by atoms with Crippen LogP contribution in [0.5, 0.6) is 0 Å². The van der Waals surface area contributed by atoms with E-state index in [4.69, 9.17) is 0 Å². The van der Waals surface area contributed by atoms with Crippen molar-refractivity contribution in [2.45, 2.75) is 49.7 Å². The lowest BCUT2D eigenvalue weighted by molar-refractivity contribution is 0.282. The minimum absolute atomic E-state index is 0.0390. The molecule has 0 amide bonds. The molecule has 1 saturated carbocycles. The number of anilines is 1. The minimum Gasteiger partial charge on any atom is -0.381 e. The number of imidazole rings is 1. The van der Waals surface area contributed by atoms with Gasteiger partial charge in [-0.2, -0.15) is 5.26 Å². The lowest BCUT2D eigenvalue weighted by Crippen LogP contribution is -2.37. The molecule has 1 unspecified atom stereocenters. The first-order chi connectivity index (χ1) is 14.9. The molecule has 0 spiro atoms. The Morgan fingerprint density at radius 3 is 2.74 bits per heavy atom. The summed E-state index contributed by atoms with van der Waals surface area (Å²) in [6.45, 7) is 3.51. The third-order valence-corrected chi connectivity index (χ3v) is 6.93. The molecule has 2 heterocycles. The van der Waals surface area contributed by atoms with E-state index in [1.807, 2.05) is 19.2 Å².